The molecule has 1 aliphatic rings. The molecule has 0 spiro atoms. The Hall–Kier alpha value is -2.13. The molecule has 3 rings (SSSR count). The third kappa shape index (κ3) is 5.43. The Kier molecular flexibility index (Phi) is 6.33. The monoisotopic (exact) mass is 394 g/mol. The predicted octanol–water partition coefficient (Wildman–Crippen LogP) is 2.80. The molecule has 0 bridgehead atoms. The lowest BCUT2D eigenvalue weighted by Crippen LogP contribution is -2.10. The largest absolute Gasteiger partial charge is 0.497 e. The number of rotatable bonds is 8. The second kappa shape index (κ2) is 8.71. The molecule has 0 unspecified atom stereocenters. The maximum absolute atomic E-state index is 11.4. The first-order valence-corrected chi connectivity index (χ1v) is 10.2. The minimum absolute atomic E-state index is 0.114. The average molecular weight is 394 g/mol. The highest BCUT2D eigenvalue weighted by Gasteiger charge is 2.26. The smallest absolute Gasteiger partial charge is 0.264 e. The van der Waals surface area contributed by atoms with E-state index in [9.17, 15) is 8.42 Å². The van der Waals surface area contributed by atoms with Crippen LogP contribution in [0.1, 0.15) is 23.0 Å². The molecule has 1 aliphatic heterocycles. The fourth-order valence-corrected chi connectivity index (χ4v) is 3.03. The molecule has 1 heterocycles. The minimum atomic E-state index is -3.57. The fourth-order valence-electron chi connectivity index (χ4n) is 2.69. The molecule has 0 aromatic heterocycles. The van der Waals surface area contributed by atoms with Gasteiger partial charge in [0.05, 0.1) is 38.7 Å². The maximum Gasteiger partial charge on any atom is 0.264 e. The summed E-state index contributed by atoms with van der Waals surface area (Å²) in [4.78, 5) is 0. The SMILES string of the molecule is COc1ccc(COc2cccc(COS(C)(=O)=O)c2C2OCCO2)cc1. The van der Waals surface area contributed by atoms with E-state index in [1.807, 2.05) is 24.3 Å². The Labute approximate surface area is 158 Å². The fraction of sp³-hybridized carbons (Fsp3) is 0.368. The summed E-state index contributed by atoms with van der Waals surface area (Å²) in [6.45, 7) is 1.14. The van der Waals surface area contributed by atoms with Gasteiger partial charge in [-0.05, 0) is 29.3 Å². The van der Waals surface area contributed by atoms with Crippen LogP contribution in [0, 0.1) is 0 Å². The van der Waals surface area contributed by atoms with Gasteiger partial charge in [0.25, 0.3) is 10.1 Å². The third-order valence-corrected chi connectivity index (χ3v) is 4.54. The molecule has 2 aromatic carbocycles. The highest BCUT2D eigenvalue weighted by molar-refractivity contribution is 7.85. The summed E-state index contributed by atoms with van der Waals surface area (Å²) < 4.78 is 50.0. The van der Waals surface area contributed by atoms with E-state index in [0.29, 0.717) is 36.7 Å². The molecule has 0 atom stereocenters. The molecular weight excluding hydrogens is 372 g/mol. The van der Waals surface area contributed by atoms with E-state index in [0.717, 1.165) is 17.6 Å². The van der Waals surface area contributed by atoms with Crippen molar-refractivity contribution in [3.63, 3.8) is 0 Å². The zero-order valence-electron chi connectivity index (χ0n) is 15.2. The molecular formula is C19H22O7S. The topological polar surface area (TPSA) is 80.3 Å². The van der Waals surface area contributed by atoms with Gasteiger partial charge in [-0.1, -0.05) is 24.3 Å². The summed E-state index contributed by atoms with van der Waals surface area (Å²) in [5, 5.41) is 0. The Morgan fingerprint density at radius 2 is 1.74 bits per heavy atom. The molecule has 0 aliphatic carbocycles. The molecule has 8 heteroatoms. The normalized spacial score (nSPS) is 15.0. The van der Waals surface area contributed by atoms with Crippen molar-refractivity contribution in [3.05, 3.63) is 59.2 Å². The van der Waals surface area contributed by atoms with E-state index in [1.54, 1.807) is 25.3 Å². The quantitative estimate of drug-likeness (QED) is 0.637. The second-order valence-corrected chi connectivity index (χ2v) is 7.65. The van der Waals surface area contributed by atoms with Gasteiger partial charge in [-0.25, -0.2) is 0 Å². The Morgan fingerprint density at radius 3 is 2.37 bits per heavy atom. The second-order valence-electron chi connectivity index (χ2n) is 6.01. The van der Waals surface area contributed by atoms with Crippen molar-refractivity contribution in [2.24, 2.45) is 0 Å². The minimum Gasteiger partial charge on any atom is -0.497 e. The van der Waals surface area contributed by atoms with Crippen LogP contribution < -0.4 is 9.47 Å². The van der Waals surface area contributed by atoms with Crippen molar-refractivity contribution < 1.29 is 31.5 Å². The molecule has 0 N–H and O–H groups in total. The lowest BCUT2D eigenvalue weighted by Gasteiger charge is -2.19. The van der Waals surface area contributed by atoms with Crippen molar-refractivity contribution in [3.8, 4) is 11.5 Å². The van der Waals surface area contributed by atoms with Gasteiger partial charge < -0.3 is 18.9 Å². The number of hydrogen-bond acceptors (Lipinski definition) is 7. The van der Waals surface area contributed by atoms with E-state index < -0.39 is 16.4 Å². The van der Waals surface area contributed by atoms with Crippen LogP contribution in [0.25, 0.3) is 0 Å². The zero-order chi connectivity index (χ0) is 19.3. The Bertz CT molecular complexity index is 856. The Morgan fingerprint density at radius 1 is 1.04 bits per heavy atom. The van der Waals surface area contributed by atoms with E-state index in [-0.39, 0.29) is 6.61 Å². The maximum atomic E-state index is 11.4. The van der Waals surface area contributed by atoms with Crippen molar-refractivity contribution in [1.29, 1.82) is 0 Å². The predicted molar refractivity (Wildman–Crippen MR) is 98.0 cm³/mol. The van der Waals surface area contributed by atoms with Crippen LogP contribution in [0.2, 0.25) is 0 Å². The molecule has 27 heavy (non-hydrogen) atoms. The van der Waals surface area contributed by atoms with Crippen LogP contribution in [0.15, 0.2) is 42.5 Å². The van der Waals surface area contributed by atoms with E-state index in [4.69, 9.17) is 23.1 Å². The van der Waals surface area contributed by atoms with Gasteiger partial charge in [0.1, 0.15) is 18.1 Å². The molecule has 0 radical (unpaired) electrons. The third-order valence-electron chi connectivity index (χ3n) is 4.00. The van der Waals surface area contributed by atoms with Crippen molar-refractivity contribution in [2.45, 2.75) is 19.5 Å². The van der Waals surface area contributed by atoms with Crippen LogP contribution in [-0.2, 0) is 37.0 Å². The molecule has 1 fully saturated rings. The highest BCUT2D eigenvalue weighted by Crippen LogP contribution is 2.35. The van der Waals surface area contributed by atoms with Crippen molar-refractivity contribution in [2.75, 3.05) is 26.6 Å². The van der Waals surface area contributed by atoms with Gasteiger partial charge in [0.2, 0.25) is 0 Å². The molecule has 146 valence electrons. The molecule has 2 aromatic rings. The zero-order valence-corrected chi connectivity index (χ0v) is 16.0. The van der Waals surface area contributed by atoms with Crippen LogP contribution in [0.3, 0.4) is 0 Å². The average Bonchev–Trinajstić information content (AvgIpc) is 3.18. The molecule has 0 amide bonds. The van der Waals surface area contributed by atoms with E-state index >= 15 is 0 Å². The van der Waals surface area contributed by atoms with Gasteiger partial charge >= 0.3 is 0 Å². The van der Waals surface area contributed by atoms with Crippen molar-refractivity contribution in [1.82, 2.24) is 0 Å². The summed E-state index contributed by atoms with van der Waals surface area (Å²) in [6, 6.07) is 12.9. The summed E-state index contributed by atoms with van der Waals surface area (Å²) >= 11 is 0. The number of ether oxygens (including phenoxy) is 4. The molecule has 7 nitrogen and oxygen atoms in total. The lowest BCUT2D eigenvalue weighted by molar-refractivity contribution is -0.0469. The number of methoxy groups -OCH3 is 1. The van der Waals surface area contributed by atoms with Gasteiger partial charge in [0.15, 0.2) is 6.29 Å². The molecule has 0 saturated carbocycles. The first kappa shape index (κ1) is 19.6. The highest BCUT2D eigenvalue weighted by atomic mass is 32.2. The van der Waals surface area contributed by atoms with E-state index in [1.165, 1.54) is 0 Å². The van der Waals surface area contributed by atoms with Crippen LogP contribution in [0.4, 0.5) is 0 Å². The first-order chi connectivity index (χ1) is 13.0. The summed E-state index contributed by atoms with van der Waals surface area (Å²) in [7, 11) is -1.96. The molecule has 1 saturated heterocycles. The van der Waals surface area contributed by atoms with Gasteiger partial charge in [-0.2, -0.15) is 8.42 Å². The van der Waals surface area contributed by atoms with E-state index in [2.05, 4.69) is 0 Å². The van der Waals surface area contributed by atoms with Gasteiger partial charge in [0, 0.05) is 0 Å². The number of benzene rings is 2. The van der Waals surface area contributed by atoms with Crippen LogP contribution in [0.5, 0.6) is 11.5 Å². The van der Waals surface area contributed by atoms with Crippen molar-refractivity contribution >= 4 is 10.1 Å². The Balaban J connectivity index is 1.81. The van der Waals surface area contributed by atoms with Gasteiger partial charge in [-0.15, -0.1) is 0 Å². The summed E-state index contributed by atoms with van der Waals surface area (Å²) in [5.41, 5.74) is 2.25. The summed E-state index contributed by atoms with van der Waals surface area (Å²) in [5.74, 6) is 1.33. The van der Waals surface area contributed by atoms with Crippen LogP contribution in [-0.4, -0.2) is 35.0 Å². The van der Waals surface area contributed by atoms with Gasteiger partial charge in [-0.3, -0.25) is 4.18 Å². The lowest BCUT2D eigenvalue weighted by atomic mass is 10.1. The first-order valence-electron chi connectivity index (χ1n) is 8.41. The van der Waals surface area contributed by atoms with Crippen LogP contribution >= 0.6 is 0 Å². The standard InChI is InChI=1S/C19H22O7S/c1-22-16-8-6-14(7-9-16)12-25-17-5-3-4-15(13-26-27(2,20)21)18(17)19-23-10-11-24-19/h3-9,19H,10-13H2,1-2H3. The summed E-state index contributed by atoms with van der Waals surface area (Å²) in [6.07, 6.45) is 0.398. The number of hydrogen-bond donors (Lipinski definition) is 0.